The van der Waals surface area contributed by atoms with Gasteiger partial charge in [0.2, 0.25) is 15.9 Å². The summed E-state index contributed by atoms with van der Waals surface area (Å²) in [5, 5.41) is 8.99. The van der Waals surface area contributed by atoms with Crippen molar-refractivity contribution in [1.82, 2.24) is 24.2 Å². The van der Waals surface area contributed by atoms with Gasteiger partial charge in [-0.15, -0.1) is 0 Å². The van der Waals surface area contributed by atoms with Crippen LogP contribution in [-0.2, 0) is 34.3 Å². The van der Waals surface area contributed by atoms with Crippen LogP contribution < -0.4 is 5.14 Å². The molecule has 0 saturated carbocycles. The quantitative estimate of drug-likeness (QED) is 0.812. The second kappa shape index (κ2) is 7.08. The van der Waals surface area contributed by atoms with Crippen LogP contribution >= 0.6 is 0 Å². The summed E-state index contributed by atoms with van der Waals surface area (Å²) in [7, 11) is -3.80. The number of primary sulfonamides is 1. The van der Waals surface area contributed by atoms with Crippen LogP contribution in [0, 0.1) is 0 Å². The first-order chi connectivity index (χ1) is 12.9. The van der Waals surface area contributed by atoms with Gasteiger partial charge in [0.25, 0.3) is 0 Å². The normalized spacial score (nSPS) is 18.5. The van der Waals surface area contributed by atoms with E-state index in [0.717, 1.165) is 32.0 Å². The van der Waals surface area contributed by atoms with Gasteiger partial charge in [0.05, 0.1) is 6.20 Å². The van der Waals surface area contributed by atoms with E-state index in [1.54, 1.807) is 0 Å². The van der Waals surface area contributed by atoms with Gasteiger partial charge < -0.3 is 9.47 Å². The topological polar surface area (TPSA) is 116 Å². The summed E-state index contributed by atoms with van der Waals surface area (Å²) in [4.78, 5) is 18.9. The molecule has 0 aromatic carbocycles. The van der Waals surface area contributed by atoms with Crippen LogP contribution in [0.4, 0.5) is 0 Å². The van der Waals surface area contributed by atoms with Crippen LogP contribution in [0.25, 0.3) is 0 Å². The third-order valence-electron chi connectivity index (χ3n) is 5.48. The number of fused-ring (bicyclic) bond motifs is 1. The predicted molar refractivity (Wildman–Crippen MR) is 97.3 cm³/mol. The molecule has 0 atom stereocenters. The zero-order chi connectivity index (χ0) is 19.0. The number of hydrogen-bond acceptors (Lipinski definition) is 5. The van der Waals surface area contributed by atoms with Crippen molar-refractivity contribution in [2.45, 2.75) is 56.0 Å². The van der Waals surface area contributed by atoms with Gasteiger partial charge in [0.1, 0.15) is 17.3 Å². The minimum atomic E-state index is -3.80. The largest absolute Gasteiger partial charge is 0.341 e. The summed E-state index contributed by atoms with van der Waals surface area (Å²) in [6, 6.07) is 0. The van der Waals surface area contributed by atoms with E-state index in [9.17, 15) is 13.2 Å². The average molecular weight is 392 g/mol. The van der Waals surface area contributed by atoms with Crippen LogP contribution in [0.3, 0.4) is 0 Å². The van der Waals surface area contributed by atoms with E-state index in [1.807, 2.05) is 11.1 Å². The number of aromatic nitrogens is 4. The van der Waals surface area contributed by atoms with Gasteiger partial charge in [-0.05, 0) is 32.1 Å². The standard InChI is InChI=1S/C17H24N6O3S/c18-27(25,26)15-10-20-22(11-15)12-16(24)21-7-4-13(5-8-21)17-19-9-14-3-1-2-6-23(14)17/h9-11,13H,1-8,12H2,(H2,18,25,26). The van der Waals surface area contributed by atoms with Gasteiger partial charge >= 0.3 is 0 Å². The first kappa shape index (κ1) is 18.2. The maximum atomic E-state index is 12.5. The number of amides is 1. The molecule has 0 unspecified atom stereocenters. The number of piperidine rings is 1. The summed E-state index contributed by atoms with van der Waals surface area (Å²) < 4.78 is 26.3. The molecule has 0 bridgehead atoms. The SMILES string of the molecule is NS(=O)(=O)c1cnn(CC(=O)N2CCC(c3ncc4n3CCCC4)CC2)c1. The van der Waals surface area contributed by atoms with Crippen molar-refractivity contribution in [3.8, 4) is 0 Å². The Kier molecular flexibility index (Phi) is 4.77. The lowest BCUT2D eigenvalue weighted by Crippen LogP contribution is -2.40. The average Bonchev–Trinajstić information content (AvgIpc) is 3.28. The fourth-order valence-corrected chi connectivity index (χ4v) is 4.45. The monoisotopic (exact) mass is 392 g/mol. The highest BCUT2D eigenvalue weighted by Crippen LogP contribution is 2.30. The number of carbonyl (C=O) groups excluding carboxylic acids is 1. The predicted octanol–water partition coefficient (Wildman–Crippen LogP) is 0.469. The number of likely N-dealkylation sites (tertiary alicyclic amines) is 1. The van der Waals surface area contributed by atoms with E-state index >= 15 is 0 Å². The Balaban J connectivity index is 1.36. The number of nitrogens with two attached hydrogens (primary N) is 1. The lowest BCUT2D eigenvalue weighted by molar-refractivity contribution is -0.133. The molecule has 2 N–H and O–H groups in total. The first-order valence-corrected chi connectivity index (χ1v) is 10.8. The van der Waals surface area contributed by atoms with E-state index in [0.29, 0.717) is 19.0 Å². The van der Waals surface area contributed by atoms with E-state index in [1.165, 1.54) is 35.2 Å². The number of nitrogens with zero attached hydrogens (tertiary/aromatic N) is 5. The van der Waals surface area contributed by atoms with Crippen LogP contribution in [0.2, 0.25) is 0 Å². The van der Waals surface area contributed by atoms with Gasteiger partial charge in [0.15, 0.2) is 0 Å². The Morgan fingerprint density at radius 2 is 1.96 bits per heavy atom. The minimum Gasteiger partial charge on any atom is -0.341 e. The van der Waals surface area contributed by atoms with Gasteiger partial charge in [-0.1, -0.05) is 0 Å². The molecule has 0 spiro atoms. The van der Waals surface area contributed by atoms with E-state index in [2.05, 4.69) is 14.6 Å². The van der Waals surface area contributed by atoms with Crippen molar-refractivity contribution in [3.63, 3.8) is 0 Å². The molecule has 2 aliphatic heterocycles. The van der Waals surface area contributed by atoms with Crippen LogP contribution in [0.5, 0.6) is 0 Å². The number of imidazole rings is 1. The molecule has 9 nitrogen and oxygen atoms in total. The summed E-state index contributed by atoms with van der Waals surface area (Å²) in [6.45, 7) is 2.42. The van der Waals surface area contributed by atoms with Gasteiger partial charge in [0, 0.05) is 43.6 Å². The molecule has 1 amide bonds. The summed E-state index contributed by atoms with van der Waals surface area (Å²) >= 11 is 0. The second-order valence-electron chi connectivity index (χ2n) is 7.29. The van der Waals surface area contributed by atoms with Crippen molar-refractivity contribution in [2.24, 2.45) is 5.14 Å². The van der Waals surface area contributed by atoms with Crippen LogP contribution in [-0.4, -0.2) is 51.6 Å². The van der Waals surface area contributed by atoms with E-state index in [-0.39, 0.29) is 17.3 Å². The number of sulfonamides is 1. The molecule has 1 fully saturated rings. The smallest absolute Gasteiger partial charge is 0.244 e. The van der Waals surface area contributed by atoms with E-state index in [4.69, 9.17) is 5.14 Å². The molecule has 10 heteroatoms. The number of carbonyl (C=O) groups is 1. The van der Waals surface area contributed by atoms with Gasteiger partial charge in [-0.25, -0.2) is 18.5 Å². The number of hydrogen-bond donors (Lipinski definition) is 1. The number of rotatable bonds is 4. The third kappa shape index (κ3) is 3.77. The molecule has 2 aromatic heterocycles. The summed E-state index contributed by atoms with van der Waals surface area (Å²) in [5.41, 5.74) is 1.33. The zero-order valence-corrected chi connectivity index (χ0v) is 15.9. The Bertz CT molecular complexity index is 940. The first-order valence-electron chi connectivity index (χ1n) is 9.29. The Morgan fingerprint density at radius 3 is 2.67 bits per heavy atom. The molecule has 0 aliphatic carbocycles. The van der Waals surface area contributed by atoms with Crippen molar-refractivity contribution < 1.29 is 13.2 Å². The minimum absolute atomic E-state index is 0.0129. The van der Waals surface area contributed by atoms with Gasteiger partial charge in [-0.3, -0.25) is 9.48 Å². The molecule has 2 aromatic rings. The fourth-order valence-electron chi connectivity index (χ4n) is 3.99. The zero-order valence-electron chi connectivity index (χ0n) is 15.1. The van der Waals surface area contributed by atoms with Crippen molar-refractivity contribution in [2.75, 3.05) is 13.1 Å². The molecule has 4 rings (SSSR count). The summed E-state index contributed by atoms with van der Waals surface area (Å²) in [6.07, 6.45) is 9.79. The van der Waals surface area contributed by atoms with E-state index < -0.39 is 10.0 Å². The Morgan fingerprint density at radius 1 is 1.19 bits per heavy atom. The molecule has 4 heterocycles. The second-order valence-corrected chi connectivity index (χ2v) is 8.85. The lowest BCUT2D eigenvalue weighted by atomic mass is 9.95. The van der Waals surface area contributed by atoms with Crippen LogP contribution in [0.1, 0.15) is 43.1 Å². The van der Waals surface area contributed by atoms with Gasteiger partial charge in [-0.2, -0.15) is 5.10 Å². The third-order valence-corrected chi connectivity index (χ3v) is 6.35. The highest BCUT2D eigenvalue weighted by Gasteiger charge is 2.28. The highest BCUT2D eigenvalue weighted by atomic mass is 32.2. The Hall–Kier alpha value is -2.20. The maximum Gasteiger partial charge on any atom is 0.244 e. The molecule has 0 radical (unpaired) electrons. The van der Waals surface area contributed by atoms with Crippen LogP contribution in [0.15, 0.2) is 23.5 Å². The van der Waals surface area contributed by atoms with Crippen molar-refractivity contribution in [1.29, 1.82) is 0 Å². The van der Waals surface area contributed by atoms with Crippen molar-refractivity contribution >= 4 is 15.9 Å². The molecular formula is C17H24N6O3S. The maximum absolute atomic E-state index is 12.5. The number of aryl methyl sites for hydroxylation is 1. The highest BCUT2D eigenvalue weighted by molar-refractivity contribution is 7.89. The Labute approximate surface area is 158 Å². The summed E-state index contributed by atoms with van der Waals surface area (Å²) in [5.74, 6) is 1.49. The molecular weight excluding hydrogens is 368 g/mol. The fraction of sp³-hybridized carbons (Fsp3) is 0.588. The molecule has 27 heavy (non-hydrogen) atoms. The molecule has 2 aliphatic rings. The molecule has 1 saturated heterocycles. The van der Waals surface area contributed by atoms with Crippen molar-refractivity contribution in [3.05, 3.63) is 30.1 Å². The molecule has 146 valence electrons. The lowest BCUT2D eigenvalue weighted by Gasteiger charge is -2.32.